The number of hydrogen-bond donors (Lipinski definition) is 2. The molecule has 0 aliphatic carbocycles. The van der Waals surface area contributed by atoms with Crippen LogP contribution in [-0.2, 0) is 0 Å². The Balaban J connectivity index is 4.03. The minimum atomic E-state index is -0.313. The highest BCUT2D eigenvalue weighted by Crippen LogP contribution is 2.08. The zero-order valence-corrected chi connectivity index (χ0v) is 9.03. The van der Waals surface area contributed by atoms with E-state index in [0.717, 1.165) is 12.8 Å². The third-order valence-corrected chi connectivity index (χ3v) is 2.34. The Bertz CT molecular complexity index is 113. The zero-order chi connectivity index (χ0) is 10.3. The first-order chi connectivity index (χ1) is 6.15. The molecule has 3 nitrogen and oxygen atoms in total. The fourth-order valence-corrected chi connectivity index (χ4v) is 1.70. The molecule has 0 aliphatic rings. The smallest absolute Gasteiger partial charge is 0.0639 e. The molecule has 0 aromatic rings. The van der Waals surface area contributed by atoms with Gasteiger partial charge in [0.2, 0.25) is 0 Å². The fraction of sp³-hybridized carbons (Fsp3) is 1.00. The first kappa shape index (κ1) is 12.9. The van der Waals surface area contributed by atoms with E-state index in [2.05, 4.69) is 18.7 Å². The topological polar surface area (TPSA) is 43.7 Å². The van der Waals surface area contributed by atoms with Gasteiger partial charge in [0.25, 0.3) is 0 Å². The van der Waals surface area contributed by atoms with Gasteiger partial charge < -0.3 is 10.2 Å². The maximum Gasteiger partial charge on any atom is 0.0639 e. The van der Waals surface area contributed by atoms with E-state index in [1.807, 2.05) is 0 Å². The van der Waals surface area contributed by atoms with Crippen molar-refractivity contribution in [3.05, 3.63) is 0 Å². The van der Waals surface area contributed by atoms with E-state index in [9.17, 15) is 5.11 Å². The van der Waals surface area contributed by atoms with Crippen LogP contribution in [0.25, 0.3) is 0 Å². The number of rotatable bonds is 7. The quantitative estimate of drug-likeness (QED) is 0.624. The van der Waals surface area contributed by atoms with Crippen LogP contribution < -0.4 is 0 Å². The predicted octanol–water partition coefficient (Wildman–Crippen LogP) is 0.850. The molecule has 0 aliphatic heterocycles. The number of hydrogen-bond acceptors (Lipinski definition) is 3. The summed E-state index contributed by atoms with van der Waals surface area (Å²) in [7, 11) is 0. The molecule has 0 radical (unpaired) electrons. The molecule has 0 rings (SSSR count). The molecule has 2 N–H and O–H groups in total. The molecule has 0 amide bonds. The van der Waals surface area contributed by atoms with Gasteiger partial charge in [-0.25, -0.2) is 0 Å². The molecule has 1 atom stereocenters. The van der Waals surface area contributed by atoms with E-state index < -0.39 is 0 Å². The minimum Gasteiger partial charge on any atom is -0.395 e. The van der Waals surface area contributed by atoms with Crippen molar-refractivity contribution < 1.29 is 10.2 Å². The van der Waals surface area contributed by atoms with E-state index in [4.69, 9.17) is 5.11 Å². The summed E-state index contributed by atoms with van der Waals surface area (Å²) in [5.41, 5.74) is 0. The van der Waals surface area contributed by atoms with E-state index in [-0.39, 0.29) is 12.7 Å². The summed E-state index contributed by atoms with van der Waals surface area (Å²) in [6.07, 6.45) is 1.83. The van der Waals surface area contributed by atoms with Gasteiger partial charge in [-0.15, -0.1) is 0 Å². The summed E-state index contributed by atoms with van der Waals surface area (Å²) in [5.74, 6) is 0. The van der Waals surface area contributed by atoms with Crippen molar-refractivity contribution in [3.8, 4) is 0 Å². The van der Waals surface area contributed by atoms with Crippen molar-refractivity contribution >= 4 is 0 Å². The van der Waals surface area contributed by atoms with Gasteiger partial charge >= 0.3 is 0 Å². The summed E-state index contributed by atoms with van der Waals surface area (Å²) >= 11 is 0. The Hall–Kier alpha value is -0.120. The summed E-state index contributed by atoms with van der Waals surface area (Å²) in [5, 5.41) is 18.1. The van der Waals surface area contributed by atoms with E-state index in [0.29, 0.717) is 19.1 Å². The Morgan fingerprint density at radius 1 is 1.23 bits per heavy atom. The molecule has 3 heteroatoms. The van der Waals surface area contributed by atoms with Crippen molar-refractivity contribution in [3.63, 3.8) is 0 Å². The van der Waals surface area contributed by atoms with E-state index >= 15 is 0 Å². The normalized spacial score (nSPS) is 14.1. The second-order valence-electron chi connectivity index (χ2n) is 3.54. The van der Waals surface area contributed by atoms with Gasteiger partial charge in [-0.1, -0.05) is 13.8 Å². The van der Waals surface area contributed by atoms with Crippen molar-refractivity contribution in [1.82, 2.24) is 4.90 Å². The Morgan fingerprint density at radius 3 is 2.08 bits per heavy atom. The van der Waals surface area contributed by atoms with E-state index in [1.165, 1.54) is 0 Å². The third kappa shape index (κ3) is 5.24. The van der Waals surface area contributed by atoms with Gasteiger partial charge in [-0.05, 0) is 19.8 Å². The second kappa shape index (κ2) is 7.30. The van der Waals surface area contributed by atoms with Crippen LogP contribution in [-0.4, -0.2) is 47.0 Å². The summed E-state index contributed by atoms with van der Waals surface area (Å²) in [6.45, 7) is 7.56. The number of nitrogens with zero attached hydrogens (tertiary/aromatic N) is 1. The molecule has 0 saturated carbocycles. The highest BCUT2D eigenvalue weighted by atomic mass is 16.3. The molecular weight excluding hydrogens is 166 g/mol. The maximum absolute atomic E-state index is 9.27. The molecular formula is C10H23NO2. The molecule has 80 valence electrons. The van der Waals surface area contributed by atoms with Gasteiger partial charge in [-0.3, -0.25) is 4.90 Å². The molecule has 0 fully saturated rings. The van der Waals surface area contributed by atoms with Crippen molar-refractivity contribution in [2.24, 2.45) is 0 Å². The Labute approximate surface area is 81.4 Å². The van der Waals surface area contributed by atoms with Gasteiger partial charge in [-0.2, -0.15) is 0 Å². The average molecular weight is 189 g/mol. The SMILES string of the molecule is CCC(CC)N(CCO)CC(C)O. The lowest BCUT2D eigenvalue weighted by atomic mass is 10.1. The Kier molecular flexibility index (Phi) is 7.23. The lowest BCUT2D eigenvalue weighted by Crippen LogP contribution is -2.41. The van der Waals surface area contributed by atoms with Crippen molar-refractivity contribution in [2.75, 3.05) is 19.7 Å². The van der Waals surface area contributed by atoms with Crippen LogP contribution in [0.1, 0.15) is 33.6 Å². The van der Waals surface area contributed by atoms with Crippen LogP contribution >= 0.6 is 0 Å². The molecule has 0 aromatic heterocycles. The Morgan fingerprint density at radius 2 is 1.77 bits per heavy atom. The molecule has 0 spiro atoms. The lowest BCUT2D eigenvalue weighted by Gasteiger charge is -2.30. The zero-order valence-electron chi connectivity index (χ0n) is 9.03. The first-order valence-corrected chi connectivity index (χ1v) is 5.18. The predicted molar refractivity (Wildman–Crippen MR) is 54.7 cm³/mol. The monoisotopic (exact) mass is 189 g/mol. The largest absolute Gasteiger partial charge is 0.395 e. The lowest BCUT2D eigenvalue weighted by molar-refractivity contribution is 0.0790. The molecule has 13 heavy (non-hydrogen) atoms. The van der Waals surface area contributed by atoms with Crippen molar-refractivity contribution in [2.45, 2.75) is 45.8 Å². The molecule has 0 bridgehead atoms. The summed E-state index contributed by atoms with van der Waals surface area (Å²) in [6, 6.07) is 0.488. The number of aliphatic hydroxyl groups is 2. The maximum atomic E-state index is 9.27. The van der Waals surface area contributed by atoms with Crippen LogP contribution in [0.3, 0.4) is 0 Å². The molecule has 1 unspecified atom stereocenters. The summed E-state index contributed by atoms with van der Waals surface area (Å²) in [4.78, 5) is 2.16. The first-order valence-electron chi connectivity index (χ1n) is 5.18. The van der Waals surface area contributed by atoms with Crippen LogP contribution in [0.5, 0.6) is 0 Å². The number of aliphatic hydroxyl groups excluding tert-OH is 2. The minimum absolute atomic E-state index is 0.170. The summed E-state index contributed by atoms with van der Waals surface area (Å²) < 4.78 is 0. The molecule has 0 heterocycles. The van der Waals surface area contributed by atoms with Crippen LogP contribution in [0.4, 0.5) is 0 Å². The van der Waals surface area contributed by atoms with E-state index in [1.54, 1.807) is 6.92 Å². The molecule has 0 saturated heterocycles. The third-order valence-electron chi connectivity index (χ3n) is 2.34. The van der Waals surface area contributed by atoms with Gasteiger partial charge in [0.15, 0.2) is 0 Å². The highest BCUT2D eigenvalue weighted by molar-refractivity contribution is 4.70. The second-order valence-corrected chi connectivity index (χ2v) is 3.54. The van der Waals surface area contributed by atoms with Gasteiger partial charge in [0, 0.05) is 19.1 Å². The fourth-order valence-electron chi connectivity index (χ4n) is 1.70. The van der Waals surface area contributed by atoms with Crippen molar-refractivity contribution in [1.29, 1.82) is 0 Å². The van der Waals surface area contributed by atoms with Gasteiger partial charge in [0.1, 0.15) is 0 Å². The van der Waals surface area contributed by atoms with Crippen LogP contribution in [0.15, 0.2) is 0 Å². The standard InChI is InChI=1S/C10H23NO2/c1-4-10(5-2)11(6-7-12)8-9(3)13/h9-10,12-13H,4-8H2,1-3H3. The molecule has 0 aromatic carbocycles. The average Bonchev–Trinajstić information content (AvgIpc) is 2.05. The van der Waals surface area contributed by atoms with Crippen LogP contribution in [0.2, 0.25) is 0 Å². The van der Waals surface area contributed by atoms with Gasteiger partial charge in [0.05, 0.1) is 12.7 Å². The van der Waals surface area contributed by atoms with Crippen LogP contribution in [0, 0.1) is 0 Å². The highest BCUT2D eigenvalue weighted by Gasteiger charge is 2.15.